The molecular formula is C19H25NO4. The van der Waals surface area contributed by atoms with Crippen molar-refractivity contribution in [2.24, 2.45) is 0 Å². The Hall–Kier alpha value is -2.30. The average molecular weight is 331 g/mol. The van der Waals surface area contributed by atoms with E-state index in [1.807, 2.05) is 30.3 Å². The Kier molecular flexibility index (Phi) is 5.65. The highest BCUT2D eigenvalue weighted by Crippen LogP contribution is 2.28. The van der Waals surface area contributed by atoms with Crippen molar-refractivity contribution in [2.45, 2.75) is 57.9 Å². The summed E-state index contributed by atoms with van der Waals surface area (Å²) in [6.45, 7) is 9.34. The normalized spacial score (nSPS) is 20.5. The molecule has 1 aliphatic rings. The summed E-state index contributed by atoms with van der Waals surface area (Å²) >= 11 is 0. The van der Waals surface area contributed by atoms with Gasteiger partial charge < -0.3 is 9.47 Å². The fraction of sp³-hybridized carbons (Fsp3) is 0.474. The molecule has 1 amide bonds. The Bertz CT molecular complexity index is 591. The van der Waals surface area contributed by atoms with E-state index in [0.29, 0.717) is 12.8 Å². The lowest BCUT2D eigenvalue weighted by molar-refractivity contribution is -0.150. The molecule has 0 N–H and O–H groups in total. The first-order valence-corrected chi connectivity index (χ1v) is 8.16. The number of hydrogen-bond donors (Lipinski definition) is 0. The van der Waals surface area contributed by atoms with Crippen LogP contribution in [0.2, 0.25) is 0 Å². The van der Waals surface area contributed by atoms with Crippen molar-refractivity contribution in [1.82, 2.24) is 4.90 Å². The van der Waals surface area contributed by atoms with Crippen LogP contribution in [-0.4, -0.2) is 34.6 Å². The third-order valence-electron chi connectivity index (χ3n) is 3.80. The van der Waals surface area contributed by atoms with Crippen molar-refractivity contribution in [2.75, 3.05) is 0 Å². The molecule has 24 heavy (non-hydrogen) atoms. The van der Waals surface area contributed by atoms with E-state index in [-0.39, 0.29) is 12.6 Å². The number of benzene rings is 1. The fourth-order valence-electron chi connectivity index (χ4n) is 2.70. The van der Waals surface area contributed by atoms with E-state index >= 15 is 0 Å². The van der Waals surface area contributed by atoms with Gasteiger partial charge in [-0.25, -0.2) is 9.59 Å². The van der Waals surface area contributed by atoms with E-state index in [0.717, 1.165) is 5.56 Å². The van der Waals surface area contributed by atoms with E-state index in [1.165, 1.54) is 4.90 Å². The molecular weight excluding hydrogens is 306 g/mol. The average Bonchev–Trinajstić information content (AvgIpc) is 2.96. The van der Waals surface area contributed by atoms with Crippen LogP contribution in [0, 0.1) is 0 Å². The summed E-state index contributed by atoms with van der Waals surface area (Å²) in [4.78, 5) is 26.4. The van der Waals surface area contributed by atoms with Crippen molar-refractivity contribution in [3.63, 3.8) is 0 Å². The topological polar surface area (TPSA) is 55.8 Å². The molecule has 1 aromatic carbocycles. The second-order valence-corrected chi connectivity index (χ2v) is 6.88. The Balaban J connectivity index is 2.04. The van der Waals surface area contributed by atoms with Gasteiger partial charge in [-0.2, -0.15) is 0 Å². The summed E-state index contributed by atoms with van der Waals surface area (Å²) in [6.07, 6.45) is 2.39. The standard InChI is InChI=1S/C19H25NO4/c1-5-15-11-12-16(20(15)18(22)24-19(2,3)4)17(21)23-13-14-9-7-6-8-10-14/h5-10,15-16H,1,11-13H2,2-4H3. The van der Waals surface area contributed by atoms with Crippen molar-refractivity contribution >= 4 is 12.1 Å². The summed E-state index contributed by atoms with van der Waals surface area (Å²) in [6, 6.07) is 8.61. The zero-order chi connectivity index (χ0) is 17.7. The fourth-order valence-corrected chi connectivity index (χ4v) is 2.70. The molecule has 0 saturated carbocycles. The van der Waals surface area contributed by atoms with Gasteiger partial charge >= 0.3 is 12.1 Å². The number of carbonyl (C=O) groups is 2. The number of likely N-dealkylation sites (tertiary alicyclic amines) is 1. The molecule has 0 spiro atoms. The monoisotopic (exact) mass is 331 g/mol. The van der Waals surface area contributed by atoms with Crippen LogP contribution < -0.4 is 0 Å². The second kappa shape index (κ2) is 7.51. The third-order valence-corrected chi connectivity index (χ3v) is 3.80. The molecule has 1 heterocycles. The lowest BCUT2D eigenvalue weighted by Crippen LogP contribution is -2.47. The number of ether oxygens (including phenoxy) is 2. The molecule has 5 heteroatoms. The van der Waals surface area contributed by atoms with Crippen LogP contribution >= 0.6 is 0 Å². The molecule has 0 aromatic heterocycles. The van der Waals surface area contributed by atoms with Gasteiger partial charge in [-0.1, -0.05) is 36.4 Å². The van der Waals surface area contributed by atoms with Crippen LogP contribution in [0.3, 0.4) is 0 Å². The van der Waals surface area contributed by atoms with Crippen LogP contribution in [0.25, 0.3) is 0 Å². The summed E-state index contributed by atoms with van der Waals surface area (Å²) in [5.41, 5.74) is 0.289. The smallest absolute Gasteiger partial charge is 0.411 e. The van der Waals surface area contributed by atoms with Gasteiger partial charge in [0.15, 0.2) is 0 Å². The maximum Gasteiger partial charge on any atom is 0.411 e. The van der Waals surface area contributed by atoms with Crippen molar-refractivity contribution in [1.29, 1.82) is 0 Å². The molecule has 5 nitrogen and oxygen atoms in total. The quantitative estimate of drug-likeness (QED) is 0.624. The Morgan fingerprint density at radius 2 is 1.92 bits per heavy atom. The van der Waals surface area contributed by atoms with Crippen molar-refractivity contribution in [3.8, 4) is 0 Å². The molecule has 2 rings (SSSR count). The lowest BCUT2D eigenvalue weighted by atomic mass is 10.2. The second-order valence-electron chi connectivity index (χ2n) is 6.88. The minimum absolute atomic E-state index is 0.192. The van der Waals surface area contributed by atoms with Crippen LogP contribution in [0.5, 0.6) is 0 Å². The van der Waals surface area contributed by atoms with Crippen LogP contribution in [-0.2, 0) is 20.9 Å². The third kappa shape index (κ3) is 4.60. The molecule has 0 aliphatic carbocycles. The summed E-state index contributed by atoms with van der Waals surface area (Å²) in [7, 11) is 0. The van der Waals surface area contributed by atoms with Gasteiger partial charge in [0.25, 0.3) is 0 Å². The van der Waals surface area contributed by atoms with Crippen molar-refractivity contribution in [3.05, 3.63) is 48.6 Å². The Morgan fingerprint density at radius 1 is 1.25 bits per heavy atom. The highest BCUT2D eigenvalue weighted by molar-refractivity contribution is 5.82. The van der Waals surface area contributed by atoms with Gasteiger partial charge in [0.05, 0.1) is 6.04 Å². The van der Waals surface area contributed by atoms with E-state index in [1.54, 1.807) is 26.8 Å². The minimum atomic E-state index is -0.633. The first kappa shape index (κ1) is 18.0. The van der Waals surface area contributed by atoms with Crippen LogP contribution in [0.1, 0.15) is 39.2 Å². The number of amides is 1. The number of carbonyl (C=O) groups excluding carboxylic acids is 2. The Labute approximate surface area is 143 Å². The molecule has 130 valence electrons. The highest BCUT2D eigenvalue weighted by atomic mass is 16.6. The van der Waals surface area contributed by atoms with Gasteiger partial charge in [0.2, 0.25) is 0 Å². The molecule has 1 fully saturated rings. The number of esters is 1. The van der Waals surface area contributed by atoms with Gasteiger partial charge in [-0.15, -0.1) is 6.58 Å². The minimum Gasteiger partial charge on any atom is -0.459 e. The highest BCUT2D eigenvalue weighted by Gasteiger charge is 2.42. The number of rotatable bonds is 4. The molecule has 1 aromatic rings. The van der Waals surface area contributed by atoms with Gasteiger partial charge in [0.1, 0.15) is 18.2 Å². The summed E-state index contributed by atoms with van der Waals surface area (Å²) in [5, 5.41) is 0. The largest absolute Gasteiger partial charge is 0.459 e. The molecule has 1 saturated heterocycles. The zero-order valence-electron chi connectivity index (χ0n) is 14.5. The van der Waals surface area contributed by atoms with E-state index in [9.17, 15) is 9.59 Å². The van der Waals surface area contributed by atoms with Crippen LogP contribution in [0.4, 0.5) is 4.79 Å². The molecule has 0 bridgehead atoms. The first-order valence-electron chi connectivity index (χ1n) is 8.16. The molecule has 0 radical (unpaired) electrons. The van der Waals surface area contributed by atoms with Gasteiger partial charge in [0, 0.05) is 0 Å². The summed E-state index contributed by atoms with van der Waals surface area (Å²) in [5.74, 6) is -0.408. The lowest BCUT2D eigenvalue weighted by Gasteiger charge is -2.30. The number of hydrogen-bond acceptors (Lipinski definition) is 4. The number of nitrogens with zero attached hydrogens (tertiary/aromatic N) is 1. The maximum absolute atomic E-state index is 12.5. The van der Waals surface area contributed by atoms with Crippen molar-refractivity contribution < 1.29 is 19.1 Å². The molecule has 2 atom stereocenters. The van der Waals surface area contributed by atoms with E-state index < -0.39 is 23.7 Å². The maximum atomic E-state index is 12.5. The van der Waals surface area contributed by atoms with Crippen LogP contribution in [0.15, 0.2) is 43.0 Å². The van der Waals surface area contributed by atoms with E-state index in [2.05, 4.69) is 6.58 Å². The van der Waals surface area contributed by atoms with Gasteiger partial charge in [-0.3, -0.25) is 4.90 Å². The Morgan fingerprint density at radius 3 is 2.50 bits per heavy atom. The predicted octanol–water partition coefficient (Wildman–Crippen LogP) is 3.68. The molecule has 1 aliphatic heterocycles. The zero-order valence-corrected chi connectivity index (χ0v) is 14.5. The SMILES string of the molecule is C=CC1CCC(C(=O)OCc2ccccc2)N1C(=O)OC(C)(C)C. The molecule has 2 unspecified atom stereocenters. The first-order chi connectivity index (χ1) is 11.3. The van der Waals surface area contributed by atoms with Gasteiger partial charge in [-0.05, 0) is 39.2 Å². The van der Waals surface area contributed by atoms with E-state index in [4.69, 9.17) is 9.47 Å². The predicted molar refractivity (Wildman–Crippen MR) is 91.3 cm³/mol. The summed E-state index contributed by atoms with van der Waals surface area (Å²) < 4.78 is 10.8.